The SMILES string of the molecule is COc1ccc(CNC(=O)c2nn3c(c2Cl)N[C@H](c2ccc(Br)cc2)C[C@H]3C(F)(F)F)cc1. The molecule has 174 valence electrons. The Morgan fingerprint density at radius 1 is 1.24 bits per heavy atom. The highest BCUT2D eigenvalue weighted by Gasteiger charge is 2.47. The van der Waals surface area contributed by atoms with Gasteiger partial charge in [-0.2, -0.15) is 18.3 Å². The Labute approximate surface area is 201 Å². The topological polar surface area (TPSA) is 68.2 Å². The smallest absolute Gasteiger partial charge is 0.410 e. The highest BCUT2D eigenvalue weighted by atomic mass is 79.9. The van der Waals surface area contributed by atoms with Gasteiger partial charge in [0.15, 0.2) is 11.7 Å². The molecule has 11 heteroatoms. The second kappa shape index (κ2) is 9.26. The number of carbonyl (C=O) groups is 1. The lowest BCUT2D eigenvalue weighted by Crippen LogP contribution is -2.35. The number of hydrogen-bond donors (Lipinski definition) is 2. The number of rotatable bonds is 5. The zero-order valence-corrected chi connectivity index (χ0v) is 19.6. The number of benzene rings is 2. The quantitative estimate of drug-likeness (QED) is 0.421. The number of aromatic nitrogens is 2. The van der Waals surface area contributed by atoms with Gasteiger partial charge in [-0.15, -0.1) is 0 Å². The van der Waals surface area contributed by atoms with Crippen molar-refractivity contribution in [1.29, 1.82) is 0 Å². The molecule has 0 spiro atoms. The molecule has 0 saturated heterocycles. The van der Waals surface area contributed by atoms with E-state index in [4.69, 9.17) is 16.3 Å². The van der Waals surface area contributed by atoms with Crippen LogP contribution in [0.25, 0.3) is 0 Å². The average Bonchev–Trinajstić information content (AvgIpc) is 3.13. The molecule has 0 unspecified atom stereocenters. The molecule has 1 aliphatic rings. The van der Waals surface area contributed by atoms with Crippen LogP contribution in [-0.2, 0) is 6.54 Å². The molecule has 2 aromatic carbocycles. The number of hydrogen-bond acceptors (Lipinski definition) is 4. The second-order valence-electron chi connectivity index (χ2n) is 7.53. The lowest BCUT2D eigenvalue weighted by molar-refractivity contribution is -0.173. The number of nitrogens with one attached hydrogen (secondary N) is 2. The van der Waals surface area contributed by atoms with Crippen LogP contribution in [0.1, 0.15) is 40.1 Å². The van der Waals surface area contributed by atoms with Crippen molar-refractivity contribution in [3.8, 4) is 5.75 Å². The molecule has 6 nitrogen and oxygen atoms in total. The molecule has 3 aromatic rings. The molecule has 0 aliphatic carbocycles. The summed E-state index contributed by atoms with van der Waals surface area (Å²) in [4.78, 5) is 12.7. The number of fused-ring (bicyclic) bond motifs is 1. The van der Waals surface area contributed by atoms with Gasteiger partial charge in [0, 0.05) is 17.4 Å². The van der Waals surface area contributed by atoms with Gasteiger partial charge in [-0.05, 0) is 35.4 Å². The number of halogens is 5. The minimum atomic E-state index is -4.57. The van der Waals surface area contributed by atoms with Gasteiger partial charge in [-0.1, -0.05) is 51.8 Å². The minimum absolute atomic E-state index is 0.0345. The molecule has 2 atom stereocenters. The molecule has 0 bridgehead atoms. The number of anilines is 1. The van der Waals surface area contributed by atoms with Crippen LogP contribution in [0.15, 0.2) is 53.0 Å². The van der Waals surface area contributed by atoms with Crippen molar-refractivity contribution in [2.24, 2.45) is 0 Å². The van der Waals surface area contributed by atoms with Crippen LogP contribution in [-0.4, -0.2) is 29.0 Å². The first kappa shape index (κ1) is 23.4. The fraction of sp³-hybridized carbons (Fsp3) is 0.273. The molecule has 33 heavy (non-hydrogen) atoms. The van der Waals surface area contributed by atoms with Crippen molar-refractivity contribution >= 4 is 39.3 Å². The van der Waals surface area contributed by atoms with E-state index in [1.807, 2.05) is 0 Å². The van der Waals surface area contributed by atoms with Gasteiger partial charge >= 0.3 is 6.18 Å². The van der Waals surface area contributed by atoms with Gasteiger partial charge in [0.2, 0.25) is 0 Å². The Morgan fingerprint density at radius 3 is 2.52 bits per heavy atom. The summed E-state index contributed by atoms with van der Waals surface area (Å²) in [6, 6.07) is 11.4. The monoisotopic (exact) mass is 542 g/mol. The van der Waals surface area contributed by atoms with Crippen molar-refractivity contribution < 1.29 is 22.7 Å². The maximum atomic E-state index is 13.9. The van der Waals surface area contributed by atoms with E-state index in [2.05, 4.69) is 31.7 Å². The Morgan fingerprint density at radius 2 is 1.91 bits per heavy atom. The summed E-state index contributed by atoms with van der Waals surface area (Å²) < 4.78 is 48.4. The van der Waals surface area contributed by atoms with Crippen molar-refractivity contribution in [2.45, 2.75) is 31.2 Å². The predicted molar refractivity (Wildman–Crippen MR) is 122 cm³/mol. The molecule has 0 radical (unpaired) electrons. The van der Waals surface area contributed by atoms with Crippen molar-refractivity contribution in [3.05, 3.63) is 74.8 Å². The van der Waals surface area contributed by atoms with Gasteiger partial charge in [0.1, 0.15) is 16.6 Å². The largest absolute Gasteiger partial charge is 0.497 e. The number of ether oxygens (including phenoxy) is 1. The fourth-order valence-electron chi connectivity index (χ4n) is 3.66. The van der Waals surface area contributed by atoms with Crippen LogP contribution in [0.3, 0.4) is 0 Å². The van der Waals surface area contributed by atoms with E-state index in [1.54, 1.807) is 55.6 Å². The molecular weight excluding hydrogens is 525 g/mol. The number of alkyl halides is 3. The molecule has 4 rings (SSSR count). The normalized spacial score (nSPS) is 17.8. The number of carbonyl (C=O) groups excluding carboxylic acids is 1. The maximum absolute atomic E-state index is 13.9. The number of methoxy groups -OCH3 is 1. The standard InChI is InChI=1S/C22H19BrClF3N4O2/c1-33-15-8-2-12(3-9-15)11-28-21(32)19-18(24)20-29-16(13-4-6-14(23)7-5-13)10-17(22(25,26)27)31(20)30-19/h2-9,16-17,29H,10-11H2,1H3,(H,28,32)/t16-,17-/m0/s1. The second-order valence-corrected chi connectivity index (χ2v) is 8.82. The van der Waals surface area contributed by atoms with E-state index in [0.717, 1.165) is 14.7 Å². The third kappa shape index (κ3) is 4.96. The fourth-order valence-corrected chi connectivity index (χ4v) is 4.19. The Hall–Kier alpha value is -2.72. The van der Waals surface area contributed by atoms with Crippen molar-refractivity contribution in [3.63, 3.8) is 0 Å². The van der Waals surface area contributed by atoms with Crippen LogP contribution < -0.4 is 15.4 Å². The van der Waals surface area contributed by atoms with Gasteiger partial charge in [-0.3, -0.25) is 4.79 Å². The lowest BCUT2D eigenvalue weighted by atomic mass is 9.97. The minimum Gasteiger partial charge on any atom is -0.497 e. The summed E-state index contributed by atoms with van der Waals surface area (Å²) in [7, 11) is 1.54. The zero-order valence-electron chi connectivity index (χ0n) is 17.3. The van der Waals surface area contributed by atoms with Crippen LogP contribution in [0.5, 0.6) is 5.75 Å². The van der Waals surface area contributed by atoms with Gasteiger partial charge in [0.25, 0.3) is 5.91 Å². The third-order valence-corrected chi connectivity index (χ3v) is 6.28. The summed E-state index contributed by atoms with van der Waals surface area (Å²) in [6.45, 7) is 0.152. The summed E-state index contributed by atoms with van der Waals surface area (Å²) in [6.07, 6.45) is -4.86. The van der Waals surface area contributed by atoms with Gasteiger partial charge in [-0.25, -0.2) is 4.68 Å². The first-order chi connectivity index (χ1) is 15.7. The molecular formula is C22H19BrClF3N4O2. The summed E-state index contributed by atoms with van der Waals surface area (Å²) in [5, 5.41) is 9.46. The van der Waals surface area contributed by atoms with Crippen LogP contribution >= 0.6 is 27.5 Å². The highest BCUT2D eigenvalue weighted by Crippen LogP contribution is 2.46. The van der Waals surface area contributed by atoms with Crippen molar-refractivity contribution in [2.75, 3.05) is 12.4 Å². The van der Waals surface area contributed by atoms with Crippen LogP contribution in [0.4, 0.5) is 19.0 Å². The summed E-state index contributed by atoms with van der Waals surface area (Å²) >= 11 is 9.68. The molecule has 1 amide bonds. The van der Waals surface area contributed by atoms with Gasteiger partial charge in [0.05, 0.1) is 13.2 Å². The first-order valence-corrected chi connectivity index (χ1v) is 11.1. The number of amides is 1. The van der Waals surface area contributed by atoms with Crippen LogP contribution in [0, 0.1) is 0 Å². The van der Waals surface area contributed by atoms with E-state index in [9.17, 15) is 18.0 Å². The maximum Gasteiger partial charge on any atom is 0.410 e. The Kier molecular flexibility index (Phi) is 6.58. The van der Waals surface area contributed by atoms with Crippen LogP contribution in [0.2, 0.25) is 5.02 Å². The Balaban J connectivity index is 1.59. The molecule has 0 saturated carbocycles. The molecule has 1 aliphatic heterocycles. The van der Waals surface area contributed by atoms with E-state index in [0.29, 0.717) is 11.3 Å². The first-order valence-electron chi connectivity index (χ1n) is 9.95. The highest BCUT2D eigenvalue weighted by molar-refractivity contribution is 9.10. The predicted octanol–water partition coefficient (Wildman–Crippen LogP) is 5.90. The molecule has 1 aromatic heterocycles. The van der Waals surface area contributed by atoms with E-state index in [1.165, 1.54) is 0 Å². The third-order valence-electron chi connectivity index (χ3n) is 5.40. The number of nitrogens with zero attached hydrogens (tertiary/aromatic N) is 2. The molecule has 2 N–H and O–H groups in total. The van der Waals surface area contributed by atoms with E-state index < -0.39 is 24.2 Å². The molecule has 2 heterocycles. The summed E-state index contributed by atoms with van der Waals surface area (Å²) in [5.74, 6) is -0.0344. The van der Waals surface area contributed by atoms with Gasteiger partial charge < -0.3 is 15.4 Å². The lowest BCUT2D eigenvalue weighted by Gasteiger charge is -2.33. The Bertz CT molecular complexity index is 1150. The summed E-state index contributed by atoms with van der Waals surface area (Å²) in [5.41, 5.74) is 1.19. The zero-order chi connectivity index (χ0) is 23.8. The molecule has 0 fully saturated rings. The van der Waals surface area contributed by atoms with E-state index in [-0.39, 0.29) is 29.5 Å². The van der Waals surface area contributed by atoms with E-state index >= 15 is 0 Å². The average molecular weight is 544 g/mol. The van der Waals surface area contributed by atoms with Crippen molar-refractivity contribution in [1.82, 2.24) is 15.1 Å².